The molecule has 0 fully saturated rings. The molecule has 0 aliphatic carbocycles. The molecule has 0 saturated heterocycles. The van der Waals surface area contributed by atoms with E-state index in [0.29, 0.717) is 23.0 Å². The smallest absolute Gasteiger partial charge is 0.340 e. The van der Waals surface area contributed by atoms with E-state index in [9.17, 15) is 9.18 Å². The average Bonchev–Trinajstić information content (AvgIpc) is 2.70. The van der Waals surface area contributed by atoms with Crippen LogP contribution in [0, 0.1) is 5.82 Å². The Kier molecular flexibility index (Phi) is 4.71. The summed E-state index contributed by atoms with van der Waals surface area (Å²) >= 11 is 0. The molecule has 0 amide bonds. The molecular formula is C16H21FN2O3. The lowest BCUT2D eigenvalue weighted by Crippen LogP contribution is -2.17. The number of ether oxygens (including phenoxy) is 2. The molecule has 0 N–H and O–H groups in total. The molecule has 0 unspecified atom stereocenters. The Morgan fingerprint density at radius 2 is 2.05 bits per heavy atom. The van der Waals surface area contributed by atoms with Crippen LogP contribution in [0.1, 0.15) is 23.0 Å². The highest BCUT2D eigenvalue weighted by molar-refractivity contribution is 6.06. The second-order valence-corrected chi connectivity index (χ2v) is 5.34. The van der Waals surface area contributed by atoms with Gasteiger partial charge in [0.05, 0.1) is 24.8 Å². The van der Waals surface area contributed by atoms with Gasteiger partial charge in [-0.1, -0.05) is 0 Å². The van der Waals surface area contributed by atoms with Crippen LogP contribution in [0.3, 0.4) is 0 Å². The lowest BCUT2D eigenvalue weighted by molar-refractivity contribution is 0.0526. The Balaban J connectivity index is 2.77. The van der Waals surface area contributed by atoms with Crippen molar-refractivity contribution in [3.63, 3.8) is 0 Å². The van der Waals surface area contributed by atoms with E-state index < -0.39 is 11.8 Å². The Hall–Kier alpha value is -2.08. The van der Waals surface area contributed by atoms with E-state index in [0.717, 1.165) is 5.69 Å². The largest absolute Gasteiger partial charge is 0.494 e. The number of carbonyl (C=O) groups is 1. The number of aromatic nitrogens is 1. The van der Waals surface area contributed by atoms with Gasteiger partial charge in [-0.3, -0.25) is 0 Å². The van der Waals surface area contributed by atoms with E-state index in [1.165, 1.54) is 13.2 Å². The van der Waals surface area contributed by atoms with Crippen LogP contribution in [0.2, 0.25) is 0 Å². The van der Waals surface area contributed by atoms with Crippen molar-refractivity contribution in [2.75, 3.05) is 27.8 Å². The number of aryl methyl sites for hydroxylation is 1. The first-order valence-electron chi connectivity index (χ1n) is 7.07. The molecule has 5 nitrogen and oxygen atoms in total. The maximum atomic E-state index is 14.0. The van der Waals surface area contributed by atoms with Crippen molar-refractivity contribution >= 4 is 16.9 Å². The molecule has 0 saturated carbocycles. The van der Waals surface area contributed by atoms with Crippen LogP contribution in [0.5, 0.6) is 5.75 Å². The molecule has 0 aliphatic rings. The molecule has 2 rings (SSSR count). The third-order valence-electron chi connectivity index (χ3n) is 3.54. The fourth-order valence-electron chi connectivity index (χ4n) is 2.56. The van der Waals surface area contributed by atoms with Gasteiger partial charge in [-0.2, -0.15) is 0 Å². The van der Waals surface area contributed by atoms with Crippen molar-refractivity contribution in [1.82, 2.24) is 9.47 Å². The standard InChI is InChI=1S/C16H21FN2O3/c1-6-22-16(20)15-10-7-14(21-5)11(17)8-12(10)19(4)13(15)9-18(2)3/h7-8H,6,9H2,1-5H3. The molecule has 0 bridgehead atoms. The van der Waals surface area contributed by atoms with Crippen molar-refractivity contribution in [1.29, 1.82) is 0 Å². The summed E-state index contributed by atoms with van der Waals surface area (Å²) in [5.41, 5.74) is 1.88. The van der Waals surface area contributed by atoms with E-state index >= 15 is 0 Å². The predicted octanol–water partition coefficient (Wildman–Crippen LogP) is 2.56. The van der Waals surface area contributed by atoms with Crippen LogP contribution >= 0.6 is 0 Å². The summed E-state index contributed by atoms with van der Waals surface area (Å²) in [4.78, 5) is 14.3. The summed E-state index contributed by atoms with van der Waals surface area (Å²) < 4.78 is 26.0. The number of esters is 1. The molecule has 120 valence electrons. The molecule has 0 spiro atoms. The molecule has 1 aromatic carbocycles. The van der Waals surface area contributed by atoms with E-state index in [1.807, 2.05) is 30.6 Å². The van der Waals surface area contributed by atoms with Crippen LogP contribution in [-0.2, 0) is 18.3 Å². The third-order valence-corrected chi connectivity index (χ3v) is 3.54. The summed E-state index contributed by atoms with van der Waals surface area (Å²) in [6.07, 6.45) is 0. The first-order valence-corrected chi connectivity index (χ1v) is 7.07. The van der Waals surface area contributed by atoms with Crippen molar-refractivity contribution in [2.24, 2.45) is 7.05 Å². The molecule has 6 heteroatoms. The Morgan fingerprint density at radius 1 is 1.36 bits per heavy atom. The van der Waals surface area contributed by atoms with Crippen LogP contribution in [0.4, 0.5) is 4.39 Å². The molecule has 2 aromatic rings. The summed E-state index contributed by atoms with van der Waals surface area (Å²) in [7, 11) is 7.04. The zero-order chi connectivity index (χ0) is 16.4. The van der Waals surface area contributed by atoms with E-state index in [-0.39, 0.29) is 12.4 Å². The van der Waals surface area contributed by atoms with Crippen LogP contribution in [0.15, 0.2) is 12.1 Å². The van der Waals surface area contributed by atoms with E-state index in [2.05, 4.69) is 0 Å². The normalized spacial score (nSPS) is 11.2. The summed E-state index contributed by atoms with van der Waals surface area (Å²) in [5.74, 6) is -0.749. The quantitative estimate of drug-likeness (QED) is 0.796. The lowest BCUT2D eigenvalue weighted by Gasteiger charge is -2.12. The number of hydrogen-bond acceptors (Lipinski definition) is 4. The number of nitrogens with zero attached hydrogens (tertiary/aromatic N) is 2. The topological polar surface area (TPSA) is 43.7 Å². The van der Waals surface area contributed by atoms with Crippen LogP contribution < -0.4 is 4.74 Å². The van der Waals surface area contributed by atoms with Gasteiger partial charge < -0.3 is 18.9 Å². The van der Waals surface area contributed by atoms with Gasteiger partial charge in [-0.05, 0) is 27.1 Å². The number of rotatable bonds is 5. The zero-order valence-electron chi connectivity index (χ0n) is 13.6. The predicted molar refractivity (Wildman–Crippen MR) is 82.8 cm³/mol. The number of methoxy groups -OCH3 is 1. The Labute approximate surface area is 129 Å². The highest BCUT2D eigenvalue weighted by Crippen LogP contribution is 2.32. The van der Waals surface area contributed by atoms with Gasteiger partial charge in [-0.15, -0.1) is 0 Å². The van der Waals surface area contributed by atoms with Gasteiger partial charge in [0.1, 0.15) is 0 Å². The molecule has 0 atom stereocenters. The number of carbonyl (C=O) groups excluding carboxylic acids is 1. The monoisotopic (exact) mass is 308 g/mol. The SMILES string of the molecule is CCOC(=O)c1c(CN(C)C)n(C)c2cc(F)c(OC)cc12. The molecule has 1 aromatic heterocycles. The second-order valence-electron chi connectivity index (χ2n) is 5.34. The maximum absolute atomic E-state index is 14.0. The summed E-state index contributed by atoms with van der Waals surface area (Å²) in [5, 5.41) is 0.635. The van der Waals surface area contributed by atoms with Crippen LogP contribution in [0.25, 0.3) is 10.9 Å². The fraction of sp³-hybridized carbons (Fsp3) is 0.438. The van der Waals surface area contributed by atoms with Crippen LogP contribution in [-0.4, -0.2) is 43.2 Å². The minimum absolute atomic E-state index is 0.111. The Morgan fingerprint density at radius 3 is 2.59 bits per heavy atom. The lowest BCUT2D eigenvalue weighted by atomic mass is 10.1. The molecule has 22 heavy (non-hydrogen) atoms. The van der Waals surface area contributed by atoms with E-state index in [1.54, 1.807) is 13.0 Å². The van der Waals surface area contributed by atoms with E-state index in [4.69, 9.17) is 9.47 Å². The number of hydrogen-bond donors (Lipinski definition) is 0. The van der Waals surface area contributed by atoms with Gasteiger partial charge in [0.15, 0.2) is 11.6 Å². The maximum Gasteiger partial charge on any atom is 0.340 e. The molecule has 0 aliphatic heterocycles. The van der Waals surface area contributed by atoms with Gasteiger partial charge in [0, 0.05) is 30.7 Å². The van der Waals surface area contributed by atoms with Gasteiger partial charge >= 0.3 is 5.97 Å². The first kappa shape index (κ1) is 16.3. The van der Waals surface area contributed by atoms with Gasteiger partial charge in [-0.25, -0.2) is 9.18 Å². The molecule has 1 heterocycles. The third kappa shape index (κ3) is 2.78. The average molecular weight is 308 g/mol. The number of benzene rings is 1. The molecular weight excluding hydrogens is 287 g/mol. The second kappa shape index (κ2) is 6.36. The number of fused-ring (bicyclic) bond motifs is 1. The first-order chi connectivity index (χ1) is 10.4. The minimum atomic E-state index is -0.456. The highest BCUT2D eigenvalue weighted by atomic mass is 19.1. The summed E-state index contributed by atoms with van der Waals surface area (Å²) in [6, 6.07) is 2.94. The van der Waals surface area contributed by atoms with Gasteiger partial charge in [0.25, 0.3) is 0 Å². The number of halogens is 1. The molecule has 0 radical (unpaired) electrons. The minimum Gasteiger partial charge on any atom is -0.494 e. The van der Waals surface area contributed by atoms with Crippen molar-refractivity contribution in [3.8, 4) is 5.75 Å². The van der Waals surface area contributed by atoms with Crippen molar-refractivity contribution < 1.29 is 18.7 Å². The van der Waals surface area contributed by atoms with Gasteiger partial charge in [0.2, 0.25) is 0 Å². The summed E-state index contributed by atoms with van der Waals surface area (Å²) in [6.45, 7) is 2.59. The Bertz CT molecular complexity index is 707. The van der Waals surface area contributed by atoms with Crippen molar-refractivity contribution in [3.05, 3.63) is 29.2 Å². The fourth-order valence-corrected chi connectivity index (χ4v) is 2.56. The van der Waals surface area contributed by atoms with Crippen molar-refractivity contribution in [2.45, 2.75) is 13.5 Å². The highest BCUT2D eigenvalue weighted by Gasteiger charge is 2.24. The zero-order valence-corrected chi connectivity index (χ0v) is 13.6.